The molecule has 0 bridgehead atoms. The summed E-state index contributed by atoms with van der Waals surface area (Å²) < 4.78 is 43.3. The van der Waals surface area contributed by atoms with Gasteiger partial charge in [-0.15, -0.1) is 5.10 Å². The molecule has 0 saturated carbocycles. The van der Waals surface area contributed by atoms with Gasteiger partial charge < -0.3 is 13.9 Å². The normalized spacial score (nSPS) is 12.1. The van der Waals surface area contributed by atoms with Crippen molar-refractivity contribution in [1.82, 2.24) is 34.7 Å². The predicted molar refractivity (Wildman–Crippen MR) is 129 cm³/mol. The van der Waals surface area contributed by atoms with E-state index in [4.69, 9.17) is 13.9 Å². The van der Waals surface area contributed by atoms with Crippen molar-refractivity contribution in [2.24, 2.45) is 0 Å². The summed E-state index contributed by atoms with van der Waals surface area (Å²) in [5, 5.41) is 11.9. The van der Waals surface area contributed by atoms with Gasteiger partial charge in [0.1, 0.15) is 22.6 Å². The molecule has 0 aliphatic rings. The molecule has 14 heteroatoms. The molecule has 1 aromatic carbocycles. The molecule has 0 N–H and O–H groups in total. The van der Waals surface area contributed by atoms with Gasteiger partial charge in [0.05, 0.1) is 24.2 Å². The fraction of sp³-hybridized carbons (Fsp3) is 0.217. The van der Waals surface area contributed by atoms with Crippen molar-refractivity contribution in [3.8, 4) is 28.8 Å². The first-order valence-corrected chi connectivity index (χ1v) is 12.8. The highest BCUT2D eigenvalue weighted by Gasteiger charge is 2.20. The summed E-state index contributed by atoms with van der Waals surface area (Å²) in [6.45, 7) is 5.28. The highest BCUT2D eigenvalue weighted by molar-refractivity contribution is 7.90. The Balaban J connectivity index is 1.45. The summed E-state index contributed by atoms with van der Waals surface area (Å²) in [5.74, 6) is 1.30. The number of hydrogen-bond acceptors (Lipinski definition) is 11. The van der Waals surface area contributed by atoms with Crippen LogP contribution >= 0.6 is 0 Å². The number of ether oxygens (including phenoxy) is 2. The second-order valence-corrected chi connectivity index (χ2v) is 10.9. The molecule has 5 aromatic rings. The molecule has 4 aromatic heterocycles. The van der Waals surface area contributed by atoms with Gasteiger partial charge in [0.15, 0.2) is 17.3 Å². The van der Waals surface area contributed by atoms with E-state index < -0.39 is 21.5 Å². The molecule has 0 radical (unpaired) electrons. The summed E-state index contributed by atoms with van der Waals surface area (Å²) in [7, 11) is -3.73. The Hall–Kier alpha value is -4.59. The van der Waals surface area contributed by atoms with Gasteiger partial charge in [0.2, 0.25) is 15.0 Å². The monoisotopic (exact) mass is 523 g/mol. The molecule has 0 saturated heterocycles. The second-order valence-electron chi connectivity index (χ2n) is 9.00. The number of aromatic nitrogens is 7. The minimum absolute atomic E-state index is 0.191. The first kappa shape index (κ1) is 24.1. The van der Waals surface area contributed by atoms with Crippen molar-refractivity contribution in [3.05, 3.63) is 55.1 Å². The Morgan fingerprint density at radius 3 is 2.59 bits per heavy atom. The number of carbonyl (C=O) groups is 1. The highest BCUT2D eigenvalue weighted by Crippen LogP contribution is 2.27. The van der Waals surface area contributed by atoms with Crippen molar-refractivity contribution in [3.63, 3.8) is 0 Å². The molecule has 0 spiro atoms. The lowest BCUT2D eigenvalue weighted by Crippen LogP contribution is -2.27. The Kier molecular flexibility index (Phi) is 5.75. The summed E-state index contributed by atoms with van der Waals surface area (Å²) in [6.07, 6.45) is 4.63. The van der Waals surface area contributed by atoms with Crippen LogP contribution in [0.4, 0.5) is 4.79 Å². The molecule has 37 heavy (non-hydrogen) atoms. The number of benzene rings is 1. The van der Waals surface area contributed by atoms with Crippen molar-refractivity contribution in [1.29, 1.82) is 0 Å². The van der Waals surface area contributed by atoms with E-state index in [-0.39, 0.29) is 16.7 Å². The third-order valence-corrected chi connectivity index (χ3v) is 5.65. The Morgan fingerprint density at radius 1 is 1.08 bits per heavy atom. The van der Waals surface area contributed by atoms with E-state index in [0.717, 1.165) is 10.9 Å². The predicted octanol–water partition coefficient (Wildman–Crippen LogP) is 3.65. The smallest absolute Gasteiger partial charge is 0.435 e. The molecule has 5 rings (SSSR count). The molecule has 0 atom stereocenters. The molecule has 0 aliphatic heterocycles. The van der Waals surface area contributed by atoms with E-state index in [9.17, 15) is 13.2 Å². The number of sulfone groups is 1. The molecule has 0 aliphatic carbocycles. The minimum atomic E-state index is -3.73. The molecule has 13 nitrogen and oxygen atoms in total. The van der Waals surface area contributed by atoms with Crippen LogP contribution in [0.15, 0.2) is 64.6 Å². The molecule has 190 valence electrons. The lowest BCUT2D eigenvalue weighted by molar-refractivity contribution is 0.0514. The average Bonchev–Trinajstić information content (AvgIpc) is 3.58. The topological polar surface area (TPSA) is 157 Å². The fourth-order valence-electron chi connectivity index (χ4n) is 3.28. The van der Waals surface area contributed by atoms with Gasteiger partial charge >= 0.3 is 6.09 Å². The maximum atomic E-state index is 12.2. The maximum absolute atomic E-state index is 12.2. The zero-order valence-corrected chi connectivity index (χ0v) is 21.0. The van der Waals surface area contributed by atoms with Gasteiger partial charge in [0.25, 0.3) is 0 Å². The Labute approximate surface area is 210 Å². The van der Waals surface area contributed by atoms with Crippen LogP contribution in [0.1, 0.15) is 20.8 Å². The van der Waals surface area contributed by atoms with Crippen LogP contribution in [0.2, 0.25) is 0 Å². The fourth-order valence-corrected chi connectivity index (χ4v) is 3.80. The van der Waals surface area contributed by atoms with Crippen molar-refractivity contribution in [2.45, 2.75) is 31.5 Å². The van der Waals surface area contributed by atoms with E-state index in [2.05, 4.69) is 25.4 Å². The molecule has 0 fully saturated rings. The zero-order chi connectivity index (χ0) is 26.4. The third kappa shape index (κ3) is 5.18. The number of carbonyl (C=O) groups excluding carboxylic acids is 1. The molecular weight excluding hydrogens is 502 g/mol. The number of rotatable bonds is 5. The van der Waals surface area contributed by atoms with Crippen molar-refractivity contribution in [2.75, 3.05) is 6.26 Å². The lowest BCUT2D eigenvalue weighted by Gasteiger charge is -2.18. The highest BCUT2D eigenvalue weighted by atomic mass is 32.2. The van der Waals surface area contributed by atoms with E-state index in [1.807, 2.05) is 0 Å². The standard InChI is InChI=1S/C23H21N7O6S/c1-23(2,3)36-22(31)29-13-15(12-24-29)35-14-7-8-18-16(10-14)27-28-30(18)20-11-17(19-6-5-9-34-19)25-21(26-20)37(4,32)33/h5-13H,1-4H3. The third-order valence-electron chi connectivity index (χ3n) is 4.81. The van der Waals surface area contributed by atoms with Crippen molar-refractivity contribution >= 4 is 27.0 Å². The maximum Gasteiger partial charge on any atom is 0.435 e. The van der Waals surface area contributed by atoms with E-state index in [1.54, 1.807) is 57.2 Å². The summed E-state index contributed by atoms with van der Waals surface area (Å²) in [4.78, 5) is 20.5. The van der Waals surface area contributed by atoms with Gasteiger partial charge in [-0.3, -0.25) is 0 Å². The molecule has 4 heterocycles. The lowest BCUT2D eigenvalue weighted by atomic mass is 10.2. The SMILES string of the molecule is CC(C)(C)OC(=O)n1cc(Oc2ccc3c(c2)nnn3-c2cc(-c3ccco3)nc(S(C)(=O)=O)n2)cn1. The molecule has 0 unspecified atom stereocenters. The molecule has 0 amide bonds. The zero-order valence-electron chi connectivity index (χ0n) is 20.2. The van der Waals surface area contributed by atoms with Crippen LogP contribution in [-0.2, 0) is 14.6 Å². The quantitative estimate of drug-likeness (QED) is 0.310. The summed E-state index contributed by atoms with van der Waals surface area (Å²) in [6, 6.07) is 9.87. The van der Waals surface area contributed by atoms with Crippen LogP contribution < -0.4 is 4.74 Å². The first-order chi connectivity index (χ1) is 17.5. The van der Waals surface area contributed by atoms with E-state index >= 15 is 0 Å². The molecular formula is C23H21N7O6S. The first-order valence-electron chi connectivity index (χ1n) is 10.9. The van der Waals surface area contributed by atoms with Gasteiger partial charge in [-0.25, -0.2) is 18.2 Å². The van der Waals surface area contributed by atoms with Crippen LogP contribution in [0.25, 0.3) is 28.3 Å². The van der Waals surface area contributed by atoms with Crippen LogP contribution in [0, 0.1) is 0 Å². The summed E-state index contributed by atoms with van der Waals surface area (Å²) in [5.41, 5.74) is 0.614. The van der Waals surface area contributed by atoms with Crippen LogP contribution in [0.5, 0.6) is 11.5 Å². The van der Waals surface area contributed by atoms with Gasteiger partial charge in [-0.1, -0.05) is 5.21 Å². The summed E-state index contributed by atoms with van der Waals surface area (Å²) >= 11 is 0. The van der Waals surface area contributed by atoms with Gasteiger partial charge in [-0.05, 0) is 45.0 Å². The van der Waals surface area contributed by atoms with Gasteiger partial charge in [-0.2, -0.15) is 19.4 Å². The van der Waals surface area contributed by atoms with E-state index in [1.165, 1.54) is 23.3 Å². The number of fused-ring (bicyclic) bond motifs is 1. The largest absolute Gasteiger partial charge is 0.463 e. The van der Waals surface area contributed by atoms with Crippen LogP contribution in [0.3, 0.4) is 0 Å². The number of furan rings is 1. The van der Waals surface area contributed by atoms with Crippen molar-refractivity contribution < 1.29 is 27.1 Å². The van der Waals surface area contributed by atoms with E-state index in [0.29, 0.717) is 28.3 Å². The minimum Gasteiger partial charge on any atom is -0.463 e. The number of nitrogens with zero attached hydrogens (tertiary/aromatic N) is 7. The van der Waals surface area contributed by atoms with Crippen LogP contribution in [-0.4, -0.2) is 61.1 Å². The Bertz CT molecular complexity index is 1720. The average molecular weight is 524 g/mol. The second kappa shape index (κ2) is 8.81. The number of hydrogen-bond donors (Lipinski definition) is 0. The Morgan fingerprint density at radius 2 is 1.89 bits per heavy atom. The van der Waals surface area contributed by atoms with Gasteiger partial charge in [0, 0.05) is 18.4 Å².